The average molecular weight is 515 g/mol. The number of carbonyl (C=O) groups excluding carboxylic acids is 1. The fraction of sp³-hybridized carbons (Fsp3) is 0.0938. The molecule has 0 saturated carbocycles. The number of aryl methyl sites for hydroxylation is 1. The highest BCUT2D eigenvalue weighted by molar-refractivity contribution is 6.03. The summed E-state index contributed by atoms with van der Waals surface area (Å²) in [6.07, 6.45) is -0.960. The van der Waals surface area contributed by atoms with Gasteiger partial charge in [0, 0.05) is 11.3 Å². The summed E-state index contributed by atoms with van der Waals surface area (Å²) in [5, 5.41) is 18.6. The molecule has 7 nitrogen and oxygen atoms in total. The third-order valence-electron chi connectivity index (χ3n) is 6.18. The molecule has 0 aliphatic carbocycles. The van der Waals surface area contributed by atoms with Crippen LogP contribution in [0.25, 0.3) is 10.5 Å². The van der Waals surface area contributed by atoms with Crippen molar-refractivity contribution in [1.82, 2.24) is 9.78 Å². The number of aromatic nitrogens is 2. The van der Waals surface area contributed by atoms with Gasteiger partial charge in [-0.15, -0.1) is 0 Å². The van der Waals surface area contributed by atoms with Gasteiger partial charge < -0.3 is 15.2 Å². The van der Waals surface area contributed by atoms with E-state index in [1.54, 1.807) is 61.5 Å². The fourth-order valence-corrected chi connectivity index (χ4v) is 4.29. The van der Waals surface area contributed by atoms with Crippen molar-refractivity contribution < 1.29 is 14.6 Å². The molecule has 0 fully saturated rings. The first-order chi connectivity index (χ1) is 19.0. The predicted molar refractivity (Wildman–Crippen MR) is 150 cm³/mol. The summed E-state index contributed by atoms with van der Waals surface area (Å²) in [5.74, 6) is 0.228. The van der Waals surface area contributed by atoms with Gasteiger partial charge in [0.05, 0.1) is 18.0 Å². The molecule has 1 heterocycles. The number of amides is 1. The molecular weight excluding hydrogens is 488 g/mol. The van der Waals surface area contributed by atoms with Crippen molar-refractivity contribution in [2.75, 3.05) is 5.32 Å². The summed E-state index contributed by atoms with van der Waals surface area (Å²) in [6, 6.07) is 32.9. The van der Waals surface area contributed by atoms with Gasteiger partial charge in [-0.1, -0.05) is 72.8 Å². The molecule has 2 N–H and O–H groups in total. The third kappa shape index (κ3) is 5.87. The van der Waals surface area contributed by atoms with E-state index in [-0.39, 0.29) is 5.91 Å². The van der Waals surface area contributed by atoms with Gasteiger partial charge in [0.15, 0.2) is 5.69 Å². The lowest BCUT2D eigenvalue weighted by Crippen LogP contribution is -2.17. The lowest BCUT2D eigenvalue weighted by atomic mass is 10.00. The van der Waals surface area contributed by atoms with E-state index < -0.39 is 6.10 Å². The molecule has 7 heteroatoms. The fourth-order valence-electron chi connectivity index (χ4n) is 4.29. The van der Waals surface area contributed by atoms with Crippen molar-refractivity contribution in [3.8, 4) is 11.4 Å². The zero-order valence-corrected chi connectivity index (χ0v) is 21.3. The largest absolute Gasteiger partial charge is 0.489 e. The lowest BCUT2D eigenvalue weighted by molar-refractivity contribution is 0.101. The van der Waals surface area contributed by atoms with E-state index >= 15 is 0 Å². The molecule has 0 spiro atoms. The van der Waals surface area contributed by atoms with Gasteiger partial charge in [-0.25, -0.2) is 9.53 Å². The zero-order valence-electron chi connectivity index (χ0n) is 21.3. The molecule has 1 amide bonds. The summed E-state index contributed by atoms with van der Waals surface area (Å²) in [5.41, 5.74) is 4.88. The number of para-hydroxylation sites is 1. The highest BCUT2D eigenvalue weighted by Gasteiger charge is 2.19. The topological polar surface area (TPSA) is 80.7 Å². The minimum absolute atomic E-state index is 0.334. The molecule has 1 aromatic heterocycles. The minimum atomic E-state index is -0.960. The Kier molecular flexibility index (Phi) is 7.48. The summed E-state index contributed by atoms with van der Waals surface area (Å²) in [4.78, 5) is 16.8. The first-order valence-corrected chi connectivity index (χ1v) is 12.4. The van der Waals surface area contributed by atoms with Crippen molar-refractivity contribution >= 4 is 17.3 Å². The number of carbonyl (C=O) groups is 1. The van der Waals surface area contributed by atoms with E-state index in [4.69, 9.17) is 11.3 Å². The monoisotopic (exact) mass is 514 g/mol. The molecule has 192 valence electrons. The molecular formula is C32H26N4O3. The zero-order chi connectivity index (χ0) is 27.2. The number of hydrogen-bond donors (Lipinski definition) is 2. The molecule has 39 heavy (non-hydrogen) atoms. The van der Waals surface area contributed by atoms with E-state index in [1.165, 1.54) is 4.68 Å². The lowest BCUT2D eigenvalue weighted by Gasteiger charge is -2.17. The maximum atomic E-state index is 13.3. The molecule has 5 aromatic rings. The van der Waals surface area contributed by atoms with Gasteiger partial charge >= 0.3 is 0 Å². The Balaban J connectivity index is 1.36. The van der Waals surface area contributed by atoms with Crippen LogP contribution in [0.4, 0.5) is 11.4 Å². The molecule has 5 rings (SSSR count). The smallest absolute Gasteiger partial charge is 0.274 e. The second-order valence-electron chi connectivity index (χ2n) is 9.01. The van der Waals surface area contributed by atoms with Gasteiger partial charge in [0.2, 0.25) is 0 Å². The predicted octanol–water partition coefficient (Wildman–Crippen LogP) is 6.64. The number of anilines is 1. The standard InChI is InChI=1S/C32H26N4O3/c1-22-18-29(36(35-22)27-15-9-13-25(20-27)33-2)32(38)34-26-14-8-12-24(19-26)31(37)28-16-6-7-17-30(28)39-21-23-10-4-3-5-11-23/h3-20,31,37H,21H2,1H3,(H,34,38). The van der Waals surface area contributed by atoms with Crippen LogP contribution in [0.5, 0.6) is 5.75 Å². The first-order valence-electron chi connectivity index (χ1n) is 12.4. The summed E-state index contributed by atoms with van der Waals surface area (Å²) in [7, 11) is 0. The van der Waals surface area contributed by atoms with Crippen LogP contribution >= 0.6 is 0 Å². The van der Waals surface area contributed by atoms with Crippen LogP contribution < -0.4 is 10.1 Å². The number of aliphatic hydroxyl groups excluding tert-OH is 1. The van der Waals surface area contributed by atoms with Crippen molar-refractivity contribution in [2.24, 2.45) is 0 Å². The van der Waals surface area contributed by atoms with E-state index in [2.05, 4.69) is 15.3 Å². The number of aliphatic hydroxyl groups is 1. The van der Waals surface area contributed by atoms with Crippen molar-refractivity contribution in [3.63, 3.8) is 0 Å². The van der Waals surface area contributed by atoms with Gasteiger partial charge in [-0.05, 0) is 54.4 Å². The van der Waals surface area contributed by atoms with Crippen LogP contribution in [-0.4, -0.2) is 20.8 Å². The molecule has 0 saturated heterocycles. The normalized spacial score (nSPS) is 11.4. The second-order valence-corrected chi connectivity index (χ2v) is 9.01. The van der Waals surface area contributed by atoms with Gasteiger partial charge in [0.25, 0.3) is 5.91 Å². The van der Waals surface area contributed by atoms with Crippen LogP contribution in [0.15, 0.2) is 109 Å². The van der Waals surface area contributed by atoms with E-state index in [0.29, 0.717) is 51.9 Å². The Morgan fingerprint density at radius 1 is 0.974 bits per heavy atom. The van der Waals surface area contributed by atoms with Crippen LogP contribution in [0.1, 0.15) is 39.0 Å². The maximum Gasteiger partial charge on any atom is 0.274 e. The number of nitrogens with one attached hydrogen (secondary N) is 1. The molecule has 4 aromatic carbocycles. The third-order valence-corrected chi connectivity index (χ3v) is 6.18. The number of ether oxygens (including phenoxy) is 1. The van der Waals surface area contributed by atoms with Crippen molar-refractivity contribution in [1.29, 1.82) is 0 Å². The van der Waals surface area contributed by atoms with Crippen LogP contribution in [0.2, 0.25) is 0 Å². The summed E-state index contributed by atoms with van der Waals surface area (Å²) >= 11 is 0. The van der Waals surface area contributed by atoms with Crippen molar-refractivity contribution in [3.05, 3.63) is 149 Å². The highest BCUT2D eigenvalue weighted by atomic mass is 16.5. The highest BCUT2D eigenvalue weighted by Crippen LogP contribution is 2.31. The van der Waals surface area contributed by atoms with E-state index in [9.17, 15) is 9.90 Å². The molecule has 1 atom stereocenters. The van der Waals surface area contributed by atoms with Crippen LogP contribution in [0, 0.1) is 13.5 Å². The van der Waals surface area contributed by atoms with Gasteiger partial charge in [-0.3, -0.25) is 4.79 Å². The van der Waals surface area contributed by atoms with Gasteiger partial charge in [-0.2, -0.15) is 5.10 Å². The molecule has 0 aliphatic rings. The Morgan fingerprint density at radius 2 is 1.74 bits per heavy atom. The second kappa shape index (κ2) is 11.5. The minimum Gasteiger partial charge on any atom is -0.489 e. The molecule has 1 unspecified atom stereocenters. The van der Waals surface area contributed by atoms with Crippen LogP contribution in [0.3, 0.4) is 0 Å². The average Bonchev–Trinajstić information content (AvgIpc) is 3.38. The number of rotatable bonds is 8. The molecule has 0 bridgehead atoms. The van der Waals surface area contributed by atoms with E-state index in [0.717, 1.165) is 5.56 Å². The number of hydrogen-bond acceptors (Lipinski definition) is 4. The van der Waals surface area contributed by atoms with Gasteiger partial charge in [0.1, 0.15) is 24.2 Å². The summed E-state index contributed by atoms with van der Waals surface area (Å²) < 4.78 is 7.56. The Labute approximate surface area is 226 Å². The van der Waals surface area contributed by atoms with Crippen molar-refractivity contribution in [2.45, 2.75) is 19.6 Å². The summed E-state index contributed by atoms with van der Waals surface area (Å²) in [6.45, 7) is 9.46. The number of benzene rings is 4. The SMILES string of the molecule is [C-]#[N+]c1cccc(-n2nc(C)cc2C(=O)Nc2cccc(C(O)c3ccccc3OCc3ccccc3)c2)c1. The van der Waals surface area contributed by atoms with Crippen LogP contribution in [-0.2, 0) is 6.61 Å². The molecule has 0 aliphatic heterocycles. The maximum absolute atomic E-state index is 13.3. The Bertz CT molecular complexity index is 1650. The Morgan fingerprint density at radius 3 is 2.56 bits per heavy atom. The molecule has 0 radical (unpaired) electrons. The number of nitrogens with zero attached hydrogens (tertiary/aromatic N) is 3. The Hall–Kier alpha value is -5.19. The quantitative estimate of drug-likeness (QED) is 0.227. The first kappa shape index (κ1) is 25.5. The van der Waals surface area contributed by atoms with E-state index in [1.807, 2.05) is 54.6 Å².